The summed E-state index contributed by atoms with van der Waals surface area (Å²) in [4.78, 5) is 1.32. The van der Waals surface area contributed by atoms with Gasteiger partial charge in [0.2, 0.25) is 0 Å². The van der Waals surface area contributed by atoms with Crippen LogP contribution in [-0.2, 0) is 6.54 Å². The summed E-state index contributed by atoms with van der Waals surface area (Å²) in [6.45, 7) is 1.87. The van der Waals surface area contributed by atoms with Gasteiger partial charge in [-0.05, 0) is 12.6 Å². The fraction of sp³-hybridized carbons (Fsp3) is 0.667. The van der Waals surface area contributed by atoms with Crippen LogP contribution in [0.1, 0.15) is 6.92 Å². The maximum atomic E-state index is 12.1. The Morgan fingerprint density at radius 3 is 2.62 bits per heavy atom. The number of likely N-dealkylation sites (N-methyl/N-ethyl adjacent to an activating group) is 1. The van der Waals surface area contributed by atoms with E-state index in [0.717, 1.165) is 0 Å². The van der Waals surface area contributed by atoms with Gasteiger partial charge in [0.05, 0.1) is 13.1 Å². The first-order valence-electron chi connectivity index (χ1n) is 4.99. The number of nitrogens with two attached hydrogens (primary N) is 1. The van der Waals surface area contributed by atoms with Crippen molar-refractivity contribution in [3.8, 4) is 0 Å². The SMILES string of the molecule is CCN(CCn1ccc(N)n1)CC(F)(F)F. The number of hydrogen-bond acceptors (Lipinski definition) is 3. The fourth-order valence-electron chi connectivity index (χ4n) is 1.35. The second kappa shape index (κ2) is 5.20. The van der Waals surface area contributed by atoms with E-state index in [1.54, 1.807) is 19.2 Å². The van der Waals surface area contributed by atoms with Crippen LogP contribution in [-0.4, -0.2) is 40.5 Å². The van der Waals surface area contributed by atoms with Crippen molar-refractivity contribution in [3.63, 3.8) is 0 Å². The van der Waals surface area contributed by atoms with Gasteiger partial charge in [-0.25, -0.2) is 0 Å². The Bertz CT molecular complexity index is 321. The molecule has 0 atom stereocenters. The van der Waals surface area contributed by atoms with Gasteiger partial charge in [-0.3, -0.25) is 9.58 Å². The molecule has 0 aliphatic heterocycles. The first kappa shape index (κ1) is 12.8. The third-order valence-corrected chi connectivity index (χ3v) is 2.16. The minimum atomic E-state index is -4.15. The highest BCUT2D eigenvalue weighted by Gasteiger charge is 2.29. The number of hydrogen-bond donors (Lipinski definition) is 1. The van der Waals surface area contributed by atoms with Crippen molar-refractivity contribution >= 4 is 5.82 Å². The summed E-state index contributed by atoms with van der Waals surface area (Å²) >= 11 is 0. The highest BCUT2D eigenvalue weighted by atomic mass is 19.4. The minimum Gasteiger partial charge on any atom is -0.382 e. The predicted molar refractivity (Wildman–Crippen MR) is 54.8 cm³/mol. The molecule has 92 valence electrons. The molecule has 0 unspecified atom stereocenters. The van der Waals surface area contributed by atoms with Crippen LogP contribution in [0.4, 0.5) is 19.0 Å². The molecular formula is C9H15F3N4. The van der Waals surface area contributed by atoms with Gasteiger partial charge in [0.15, 0.2) is 0 Å². The van der Waals surface area contributed by atoms with E-state index < -0.39 is 12.7 Å². The van der Waals surface area contributed by atoms with Gasteiger partial charge in [0.25, 0.3) is 0 Å². The second-order valence-electron chi connectivity index (χ2n) is 3.49. The fourth-order valence-corrected chi connectivity index (χ4v) is 1.35. The van der Waals surface area contributed by atoms with Gasteiger partial charge in [0, 0.05) is 12.7 Å². The highest BCUT2D eigenvalue weighted by Crippen LogP contribution is 2.16. The Morgan fingerprint density at radius 2 is 2.19 bits per heavy atom. The van der Waals surface area contributed by atoms with E-state index in [9.17, 15) is 13.2 Å². The highest BCUT2D eigenvalue weighted by molar-refractivity contribution is 5.23. The predicted octanol–water partition coefficient (Wildman–Crippen LogP) is 1.35. The Labute approximate surface area is 91.8 Å². The molecule has 7 heteroatoms. The van der Waals surface area contributed by atoms with Gasteiger partial charge in [-0.2, -0.15) is 18.3 Å². The number of rotatable bonds is 5. The van der Waals surface area contributed by atoms with Gasteiger partial charge in [0.1, 0.15) is 5.82 Å². The molecule has 0 saturated heterocycles. The maximum Gasteiger partial charge on any atom is 0.401 e. The van der Waals surface area contributed by atoms with E-state index in [1.807, 2.05) is 0 Å². The van der Waals surface area contributed by atoms with E-state index in [2.05, 4.69) is 5.10 Å². The zero-order valence-corrected chi connectivity index (χ0v) is 9.04. The van der Waals surface area contributed by atoms with Gasteiger partial charge >= 0.3 is 6.18 Å². The Hall–Kier alpha value is -1.24. The maximum absolute atomic E-state index is 12.1. The third kappa shape index (κ3) is 4.52. The molecular weight excluding hydrogens is 221 g/mol. The largest absolute Gasteiger partial charge is 0.401 e. The summed E-state index contributed by atoms with van der Waals surface area (Å²) in [5.41, 5.74) is 5.39. The lowest BCUT2D eigenvalue weighted by atomic mass is 10.4. The van der Waals surface area contributed by atoms with Crippen LogP contribution in [0.15, 0.2) is 12.3 Å². The first-order chi connectivity index (χ1) is 7.40. The summed E-state index contributed by atoms with van der Waals surface area (Å²) in [5, 5.41) is 3.90. The molecule has 1 rings (SSSR count). The van der Waals surface area contributed by atoms with Gasteiger partial charge in [-0.1, -0.05) is 6.92 Å². The van der Waals surface area contributed by atoms with Crippen molar-refractivity contribution in [1.29, 1.82) is 0 Å². The van der Waals surface area contributed by atoms with Crippen molar-refractivity contribution in [2.24, 2.45) is 0 Å². The van der Waals surface area contributed by atoms with Crippen LogP contribution in [0.3, 0.4) is 0 Å². The monoisotopic (exact) mass is 236 g/mol. The lowest BCUT2D eigenvalue weighted by Gasteiger charge is -2.21. The zero-order valence-electron chi connectivity index (χ0n) is 9.04. The molecule has 1 aromatic heterocycles. The van der Waals surface area contributed by atoms with Crippen LogP contribution in [0.25, 0.3) is 0 Å². The van der Waals surface area contributed by atoms with Gasteiger partial charge < -0.3 is 5.73 Å². The number of aromatic nitrogens is 2. The number of anilines is 1. The van der Waals surface area contributed by atoms with E-state index >= 15 is 0 Å². The Morgan fingerprint density at radius 1 is 1.50 bits per heavy atom. The molecule has 1 heterocycles. The van der Waals surface area contributed by atoms with Crippen LogP contribution in [0.2, 0.25) is 0 Å². The molecule has 0 amide bonds. The molecule has 0 radical (unpaired) electrons. The quantitative estimate of drug-likeness (QED) is 0.839. The summed E-state index contributed by atoms with van der Waals surface area (Å²) in [5.74, 6) is 0.374. The minimum absolute atomic E-state index is 0.303. The van der Waals surface area contributed by atoms with Crippen molar-refractivity contribution in [3.05, 3.63) is 12.3 Å². The lowest BCUT2D eigenvalue weighted by Crippen LogP contribution is -2.36. The third-order valence-electron chi connectivity index (χ3n) is 2.16. The smallest absolute Gasteiger partial charge is 0.382 e. The number of nitrogen functional groups attached to an aromatic ring is 1. The van der Waals surface area contributed by atoms with Crippen molar-refractivity contribution in [2.75, 3.05) is 25.4 Å². The molecule has 0 fully saturated rings. The van der Waals surface area contributed by atoms with Gasteiger partial charge in [-0.15, -0.1) is 0 Å². The normalized spacial score (nSPS) is 12.3. The number of alkyl halides is 3. The van der Waals surface area contributed by atoms with Crippen molar-refractivity contribution < 1.29 is 13.2 Å². The summed E-state index contributed by atoms with van der Waals surface area (Å²) in [6, 6.07) is 1.61. The molecule has 1 aromatic rings. The molecule has 0 aliphatic carbocycles. The summed E-state index contributed by atoms with van der Waals surface area (Å²) < 4.78 is 38.0. The van der Waals surface area contributed by atoms with Crippen molar-refractivity contribution in [2.45, 2.75) is 19.6 Å². The summed E-state index contributed by atoms with van der Waals surface area (Å²) in [6.07, 6.45) is -2.50. The topological polar surface area (TPSA) is 47.1 Å². The Balaban J connectivity index is 2.40. The van der Waals surface area contributed by atoms with Crippen LogP contribution in [0, 0.1) is 0 Å². The van der Waals surface area contributed by atoms with E-state index in [4.69, 9.17) is 5.73 Å². The molecule has 0 spiro atoms. The van der Waals surface area contributed by atoms with E-state index in [0.29, 0.717) is 25.5 Å². The van der Waals surface area contributed by atoms with Crippen LogP contribution < -0.4 is 5.73 Å². The Kier molecular flexibility index (Phi) is 4.17. The number of halogens is 3. The van der Waals surface area contributed by atoms with Crippen LogP contribution in [0.5, 0.6) is 0 Å². The van der Waals surface area contributed by atoms with Crippen LogP contribution >= 0.6 is 0 Å². The molecule has 0 aromatic carbocycles. The standard InChI is InChI=1S/C9H15F3N4/c1-2-15(7-9(10,11)12)5-6-16-4-3-8(13)14-16/h3-4H,2,5-7H2,1H3,(H2,13,14). The molecule has 0 aliphatic rings. The second-order valence-corrected chi connectivity index (χ2v) is 3.49. The molecule has 4 nitrogen and oxygen atoms in total. The lowest BCUT2D eigenvalue weighted by molar-refractivity contribution is -0.145. The number of nitrogens with zero attached hydrogens (tertiary/aromatic N) is 3. The average molecular weight is 236 g/mol. The van der Waals surface area contributed by atoms with Crippen molar-refractivity contribution in [1.82, 2.24) is 14.7 Å². The summed E-state index contributed by atoms with van der Waals surface area (Å²) in [7, 11) is 0. The van der Waals surface area contributed by atoms with E-state index in [-0.39, 0.29) is 0 Å². The van der Waals surface area contributed by atoms with E-state index in [1.165, 1.54) is 9.58 Å². The molecule has 0 bridgehead atoms. The molecule has 16 heavy (non-hydrogen) atoms. The first-order valence-corrected chi connectivity index (χ1v) is 4.99. The zero-order chi connectivity index (χ0) is 12.2. The molecule has 0 saturated carbocycles. The average Bonchev–Trinajstić information content (AvgIpc) is 2.57. The molecule has 2 N–H and O–H groups in total.